The Kier molecular flexibility index (Phi) is 5.05. The van der Waals surface area contributed by atoms with E-state index in [1.807, 2.05) is 23.5 Å². The van der Waals surface area contributed by atoms with Crippen molar-refractivity contribution in [3.63, 3.8) is 0 Å². The molecule has 1 unspecified atom stereocenters. The van der Waals surface area contributed by atoms with Crippen LogP contribution in [-0.4, -0.2) is 6.54 Å². The minimum absolute atomic E-state index is 0.526. The molecule has 1 aliphatic rings. The lowest BCUT2D eigenvalue weighted by atomic mass is 10.1. The molecule has 1 nitrogen and oxygen atoms in total. The first-order valence-electron chi connectivity index (χ1n) is 7.47. The van der Waals surface area contributed by atoms with E-state index in [1.165, 1.54) is 29.0 Å². The van der Waals surface area contributed by atoms with Crippen molar-refractivity contribution < 1.29 is 0 Å². The first kappa shape index (κ1) is 15.5. The van der Waals surface area contributed by atoms with Gasteiger partial charge in [0.25, 0.3) is 0 Å². The fourth-order valence-electron chi connectivity index (χ4n) is 2.58. The third-order valence-corrected chi connectivity index (χ3v) is 5.85. The topological polar surface area (TPSA) is 12.0 Å². The van der Waals surface area contributed by atoms with Crippen LogP contribution in [0.25, 0.3) is 10.4 Å². The molecule has 0 bridgehead atoms. The Morgan fingerprint density at radius 3 is 2.81 bits per heavy atom. The quantitative estimate of drug-likeness (QED) is 0.618. The highest BCUT2D eigenvalue weighted by atomic mass is 79.9. The number of hydrogen-bond acceptors (Lipinski definition) is 2. The molecule has 0 spiro atoms. The standard InChI is InChI=1S/C17H19BrClNS/c1-2-9-20-17(11-3-4-11)16-8-7-15(21-16)13-6-5-12(18)10-14(13)19/h5-8,10-11,17,20H,2-4,9H2,1H3. The highest BCUT2D eigenvalue weighted by molar-refractivity contribution is 9.10. The van der Waals surface area contributed by atoms with Crippen LogP contribution in [0.3, 0.4) is 0 Å². The molecule has 0 radical (unpaired) electrons. The van der Waals surface area contributed by atoms with Crippen molar-refractivity contribution in [3.05, 3.63) is 44.7 Å². The Morgan fingerprint density at radius 2 is 2.14 bits per heavy atom. The molecule has 1 aromatic carbocycles. The molecule has 1 aliphatic carbocycles. The van der Waals surface area contributed by atoms with Gasteiger partial charge < -0.3 is 5.32 Å². The van der Waals surface area contributed by atoms with Gasteiger partial charge >= 0.3 is 0 Å². The summed E-state index contributed by atoms with van der Waals surface area (Å²) in [5, 5.41) is 4.51. The van der Waals surface area contributed by atoms with Gasteiger partial charge in [-0.2, -0.15) is 0 Å². The molecule has 2 aromatic rings. The van der Waals surface area contributed by atoms with Crippen molar-refractivity contribution in [3.8, 4) is 10.4 Å². The zero-order chi connectivity index (χ0) is 14.8. The minimum Gasteiger partial charge on any atom is -0.309 e. The first-order valence-corrected chi connectivity index (χ1v) is 9.46. The molecule has 1 saturated carbocycles. The SMILES string of the molecule is CCCNC(c1ccc(-c2ccc(Br)cc2Cl)s1)C1CC1. The van der Waals surface area contributed by atoms with Gasteiger partial charge in [0.05, 0.1) is 5.02 Å². The third-order valence-electron chi connectivity index (χ3n) is 3.84. The molecule has 0 aliphatic heterocycles. The molecule has 3 rings (SSSR count). The average Bonchev–Trinajstić information content (AvgIpc) is 3.18. The molecule has 0 amide bonds. The van der Waals surface area contributed by atoms with Gasteiger partial charge in [0.1, 0.15) is 0 Å². The van der Waals surface area contributed by atoms with Gasteiger partial charge in [0, 0.05) is 25.8 Å². The van der Waals surface area contributed by atoms with Crippen LogP contribution in [0, 0.1) is 5.92 Å². The number of benzene rings is 1. The fourth-order valence-corrected chi connectivity index (χ4v) is 4.63. The van der Waals surface area contributed by atoms with Gasteiger partial charge in [-0.05, 0) is 56.0 Å². The molecule has 1 atom stereocenters. The monoisotopic (exact) mass is 383 g/mol. The van der Waals surface area contributed by atoms with E-state index in [2.05, 4.69) is 46.4 Å². The van der Waals surface area contributed by atoms with E-state index >= 15 is 0 Å². The van der Waals surface area contributed by atoms with Crippen LogP contribution in [0.2, 0.25) is 5.02 Å². The Hall–Kier alpha value is -0.350. The molecule has 112 valence electrons. The summed E-state index contributed by atoms with van der Waals surface area (Å²) in [6.45, 7) is 3.31. The van der Waals surface area contributed by atoms with Crippen LogP contribution in [0.15, 0.2) is 34.8 Å². The Bertz CT molecular complexity index is 621. The van der Waals surface area contributed by atoms with Crippen molar-refractivity contribution >= 4 is 38.9 Å². The Morgan fingerprint density at radius 1 is 1.33 bits per heavy atom. The highest BCUT2D eigenvalue weighted by Gasteiger charge is 2.32. The smallest absolute Gasteiger partial charge is 0.0503 e. The largest absolute Gasteiger partial charge is 0.309 e. The van der Waals surface area contributed by atoms with Crippen molar-refractivity contribution in [2.45, 2.75) is 32.2 Å². The molecule has 1 N–H and O–H groups in total. The second kappa shape index (κ2) is 6.82. The van der Waals surface area contributed by atoms with Gasteiger partial charge in [-0.3, -0.25) is 0 Å². The van der Waals surface area contributed by atoms with Crippen LogP contribution in [0.4, 0.5) is 0 Å². The average molecular weight is 385 g/mol. The lowest BCUT2D eigenvalue weighted by molar-refractivity contribution is 0.488. The number of rotatable bonds is 6. The maximum atomic E-state index is 6.37. The van der Waals surface area contributed by atoms with Gasteiger partial charge in [-0.15, -0.1) is 11.3 Å². The maximum absolute atomic E-state index is 6.37. The van der Waals surface area contributed by atoms with E-state index in [-0.39, 0.29) is 0 Å². The molecule has 1 heterocycles. The van der Waals surface area contributed by atoms with E-state index in [0.29, 0.717) is 6.04 Å². The molecule has 1 aromatic heterocycles. The molecule has 4 heteroatoms. The third kappa shape index (κ3) is 3.70. The lowest BCUT2D eigenvalue weighted by Crippen LogP contribution is -2.22. The van der Waals surface area contributed by atoms with Gasteiger partial charge in [0.15, 0.2) is 0 Å². The van der Waals surface area contributed by atoms with Crippen LogP contribution < -0.4 is 5.32 Å². The van der Waals surface area contributed by atoms with Crippen LogP contribution in [0.1, 0.15) is 37.1 Å². The summed E-state index contributed by atoms with van der Waals surface area (Å²) < 4.78 is 1.02. The van der Waals surface area contributed by atoms with Crippen molar-refractivity contribution in [2.75, 3.05) is 6.54 Å². The van der Waals surface area contributed by atoms with Gasteiger partial charge in [-0.25, -0.2) is 0 Å². The van der Waals surface area contributed by atoms with Gasteiger partial charge in [-0.1, -0.05) is 40.5 Å². The summed E-state index contributed by atoms with van der Waals surface area (Å²) in [5.41, 5.74) is 1.13. The summed E-state index contributed by atoms with van der Waals surface area (Å²) in [6, 6.07) is 11.1. The summed E-state index contributed by atoms with van der Waals surface area (Å²) in [5.74, 6) is 0.823. The zero-order valence-corrected chi connectivity index (χ0v) is 15.2. The lowest BCUT2D eigenvalue weighted by Gasteiger charge is -2.16. The van der Waals surface area contributed by atoms with Crippen LogP contribution in [0.5, 0.6) is 0 Å². The van der Waals surface area contributed by atoms with E-state index in [4.69, 9.17) is 11.6 Å². The van der Waals surface area contributed by atoms with E-state index in [9.17, 15) is 0 Å². The second-order valence-electron chi connectivity index (χ2n) is 5.60. The second-order valence-corrected chi connectivity index (χ2v) is 8.03. The Labute approximate surface area is 143 Å². The van der Waals surface area contributed by atoms with Crippen LogP contribution >= 0.6 is 38.9 Å². The zero-order valence-electron chi connectivity index (χ0n) is 12.0. The van der Waals surface area contributed by atoms with E-state index in [1.54, 1.807) is 0 Å². The molecule has 1 fully saturated rings. The molecule has 21 heavy (non-hydrogen) atoms. The summed E-state index contributed by atoms with van der Waals surface area (Å²) in [4.78, 5) is 2.70. The van der Waals surface area contributed by atoms with Crippen molar-refractivity contribution in [2.24, 2.45) is 5.92 Å². The summed E-state index contributed by atoms with van der Waals surface area (Å²) >= 11 is 11.7. The molecular weight excluding hydrogens is 366 g/mol. The predicted molar refractivity (Wildman–Crippen MR) is 96.2 cm³/mol. The number of thiophene rings is 1. The van der Waals surface area contributed by atoms with E-state index < -0.39 is 0 Å². The fraction of sp³-hybridized carbons (Fsp3) is 0.412. The maximum Gasteiger partial charge on any atom is 0.0503 e. The number of halogens is 2. The Balaban J connectivity index is 1.84. The minimum atomic E-state index is 0.526. The van der Waals surface area contributed by atoms with E-state index in [0.717, 1.165) is 27.5 Å². The van der Waals surface area contributed by atoms with Crippen LogP contribution in [-0.2, 0) is 0 Å². The highest BCUT2D eigenvalue weighted by Crippen LogP contribution is 2.45. The van der Waals surface area contributed by atoms with Gasteiger partial charge in [0.2, 0.25) is 0 Å². The van der Waals surface area contributed by atoms with Crippen molar-refractivity contribution in [1.82, 2.24) is 5.32 Å². The number of hydrogen-bond donors (Lipinski definition) is 1. The van der Waals surface area contributed by atoms with Crippen molar-refractivity contribution in [1.29, 1.82) is 0 Å². The normalized spacial score (nSPS) is 16.1. The summed E-state index contributed by atoms with van der Waals surface area (Å²) in [6.07, 6.45) is 3.89. The predicted octanol–water partition coefficient (Wildman–Crippen LogP) is 6.28. The summed E-state index contributed by atoms with van der Waals surface area (Å²) in [7, 11) is 0. The first-order chi connectivity index (χ1) is 10.2. The number of nitrogens with one attached hydrogen (secondary N) is 1. The molecule has 0 saturated heterocycles. The molecular formula is C17H19BrClNS.